The standard InChI is InChI=1S/C12H17NO/c1-12(9-14)7-11(8-13-12)10-5-3-2-4-6-10/h2-6,11,13-14H,7-9H2,1H3. The van der Waals surface area contributed by atoms with Crippen molar-refractivity contribution in [2.24, 2.45) is 0 Å². The minimum Gasteiger partial charge on any atom is -0.394 e. The van der Waals surface area contributed by atoms with Gasteiger partial charge in [-0.15, -0.1) is 0 Å². The lowest BCUT2D eigenvalue weighted by atomic mass is 9.91. The molecule has 0 aromatic heterocycles. The first kappa shape index (κ1) is 9.69. The van der Waals surface area contributed by atoms with E-state index in [1.165, 1.54) is 5.56 Å². The van der Waals surface area contributed by atoms with Crippen LogP contribution in [0.15, 0.2) is 30.3 Å². The molecule has 2 heteroatoms. The molecule has 0 aliphatic carbocycles. The third kappa shape index (κ3) is 1.81. The Morgan fingerprint density at radius 1 is 1.43 bits per heavy atom. The summed E-state index contributed by atoms with van der Waals surface area (Å²) in [4.78, 5) is 0. The van der Waals surface area contributed by atoms with Gasteiger partial charge >= 0.3 is 0 Å². The highest BCUT2D eigenvalue weighted by atomic mass is 16.3. The maximum atomic E-state index is 9.23. The first-order valence-corrected chi connectivity index (χ1v) is 5.14. The Labute approximate surface area is 85.0 Å². The molecular weight excluding hydrogens is 174 g/mol. The van der Waals surface area contributed by atoms with E-state index in [2.05, 4.69) is 36.5 Å². The largest absolute Gasteiger partial charge is 0.394 e. The Morgan fingerprint density at radius 3 is 2.71 bits per heavy atom. The van der Waals surface area contributed by atoms with Crippen LogP contribution in [0, 0.1) is 0 Å². The molecule has 1 heterocycles. The fourth-order valence-electron chi connectivity index (χ4n) is 2.14. The monoisotopic (exact) mass is 191 g/mol. The molecule has 2 nitrogen and oxygen atoms in total. The Kier molecular flexibility index (Phi) is 2.57. The van der Waals surface area contributed by atoms with Crippen LogP contribution in [-0.2, 0) is 0 Å². The van der Waals surface area contributed by atoms with Crippen molar-refractivity contribution in [2.45, 2.75) is 24.8 Å². The van der Waals surface area contributed by atoms with Crippen LogP contribution in [0.25, 0.3) is 0 Å². The molecule has 1 aliphatic heterocycles. The van der Waals surface area contributed by atoms with Crippen LogP contribution in [0.3, 0.4) is 0 Å². The molecule has 1 saturated heterocycles. The van der Waals surface area contributed by atoms with E-state index >= 15 is 0 Å². The predicted molar refractivity (Wildman–Crippen MR) is 57.3 cm³/mol. The van der Waals surface area contributed by atoms with Crippen LogP contribution in [-0.4, -0.2) is 23.8 Å². The molecule has 1 aromatic rings. The summed E-state index contributed by atoms with van der Waals surface area (Å²) in [5.41, 5.74) is 1.29. The summed E-state index contributed by atoms with van der Waals surface area (Å²) in [6.45, 7) is 3.27. The molecule has 2 atom stereocenters. The topological polar surface area (TPSA) is 32.3 Å². The van der Waals surface area contributed by atoms with Gasteiger partial charge in [-0.25, -0.2) is 0 Å². The van der Waals surface area contributed by atoms with Gasteiger partial charge < -0.3 is 10.4 Å². The third-order valence-electron chi connectivity index (χ3n) is 3.09. The summed E-state index contributed by atoms with van der Waals surface area (Å²) in [7, 11) is 0. The maximum absolute atomic E-state index is 9.23. The zero-order valence-corrected chi connectivity index (χ0v) is 8.53. The van der Waals surface area contributed by atoms with Crippen LogP contribution < -0.4 is 5.32 Å². The second-order valence-corrected chi connectivity index (χ2v) is 4.41. The van der Waals surface area contributed by atoms with Crippen molar-refractivity contribution in [3.05, 3.63) is 35.9 Å². The van der Waals surface area contributed by atoms with E-state index in [9.17, 15) is 5.11 Å². The Morgan fingerprint density at radius 2 is 2.14 bits per heavy atom. The molecule has 14 heavy (non-hydrogen) atoms. The van der Waals surface area contributed by atoms with Crippen molar-refractivity contribution in [3.63, 3.8) is 0 Å². The number of hydrogen-bond donors (Lipinski definition) is 2. The van der Waals surface area contributed by atoms with E-state index in [1.807, 2.05) is 6.07 Å². The zero-order valence-electron chi connectivity index (χ0n) is 8.53. The van der Waals surface area contributed by atoms with E-state index in [4.69, 9.17) is 0 Å². The van der Waals surface area contributed by atoms with Gasteiger partial charge in [0.05, 0.1) is 6.61 Å². The van der Waals surface area contributed by atoms with Crippen LogP contribution in [0.4, 0.5) is 0 Å². The van der Waals surface area contributed by atoms with Gasteiger partial charge in [0.15, 0.2) is 0 Å². The highest BCUT2D eigenvalue weighted by molar-refractivity contribution is 5.22. The van der Waals surface area contributed by atoms with Crippen LogP contribution in [0.1, 0.15) is 24.8 Å². The first-order valence-electron chi connectivity index (χ1n) is 5.14. The smallest absolute Gasteiger partial charge is 0.0610 e. The number of benzene rings is 1. The zero-order chi connectivity index (χ0) is 10.0. The van der Waals surface area contributed by atoms with Crippen LogP contribution >= 0.6 is 0 Å². The van der Waals surface area contributed by atoms with Gasteiger partial charge in [-0.2, -0.15) is 0 Å². The molecule has 1 aromatic carbocycles. The van der Waals surface area contributed by atoms with Gasteiger partial charge in [0.1, 0.15) is 0 Å². The molecule has 1 aliphatic rings. The normalized spacial score (nSPS) is 32.0. The average molecular weight is 191 g/mol. The Bertz CT molecular complexity index is 298. The van der Waals surface area contributed by atoms with Gasteiger partial charge in [-0.1, -0.05) is 30.3 Å². The number of rotatable bonds is 2. The van der Waals surface area contributed by atoms with Crippen molar-refractivity contribution in [1.82, 2.24) is 5.32 Å². The molecule has 1 fully saturated rings. The van der Waals surface area contributed by atoms with Gasteiger partial charge in [-0.3, -0.25) is 0 Å². The van der Waals surface area contributed by atoms with Crippen LogP contribution in [0.5, 0.6) is 0 Å². The summed E-state index contributed by atoms with van der Waals surface area (Å²) < 4.78 is 0. The minimum absolute atomic E-state index is 0.0828. The Balaban J connectivity index is 2.10. The quantitative estimate of drug-likeness (QED) is 0.742. The fourth-order valence-corrected chi connectivity index (χ4v) is 2.14. The van der Waals surface area contributed by atoms with Gasteiger partial charge in [0.25, 0.3) is 0 Å². The van der Waals surface area contributed by atoms with Crippen molar-refractivity contribution in [3.8, 4) is 0 Å². The molecule has 0 amide bonds. The van der Waals surface area contributed by atoms with E-state index < -0.39 is 0 Å². The van der Waals surface area contributed by atoms with E-state index in [-0.39, 0.29) is 12.1 Å². The summed E-state index contributed by atoms with van der Waals surface area (Å²) >= 11 is 0. The predicted octanol–water partition coefficient (Wildman–Crippen LogP) is 1.51. The van der Waals surface area contributed by atoms with Gasteiger partial charge in [0, 0.05) is 12.1 Å². The molecule has 0 spiro atoms. The first-order chi connectivity index (χ1) is 6.73. The van der Waals surface area contributed by atoms with E-state index in [0.717, 1.165) is 13.0 Å². The molecule has 2 rings (SSSR count). The lowest BCUT2D eigenvalue weighted by Gasteiger charge is -2.20. The molecule has 0 bridgehead atoms. The van der Waals surface area contributed by atoms with Crippen molar-refractivity contribution < 1.29 is 5.11 Å². The molecular formula is C12H17NO. The molecule has 2 N–H and O–H groups in total. The SMILES string of the molecule is CC1(CO)CC(c2ccccc2)CN1. The highest BCUT2D eigenvalue weighted by Crippen LogP contribution is 2.31. The van der Waals surface area contributed by atoms with Gasteiger partial charge in [-0.05, 0) is 24.8 Å². The number of hydrogen-bond acceptors (Lipinski definition) is 2. The second-order valence-electron chi connectivity index (χ2n) is 4.41. The summed E-state index contributed by atoms with van der Waals surface area (Å²) in [5, 5.41) is 12.6. The van der Waals surface area contributed by atoms with E-state index in [0.29, 0.717) is 5.92 Å². The van der Waals surface area contributed by atoms with Gasteiger partial charge in [0.2, 0.25) is 0 Å². The fraction of sp³-hybridized carbons (Fsp3) is 0.500. The number of nitrogens with one attached hydrogen (secondary N) is 1. The summed E-state index contributed by atoms with van der Waals surface area (Å²) in [5.74, 6) is 0.549. The average Bonchev–Trinajstić information content (AvgIpc) is 2.63. The highest BCUT2D eigenvalue weighted by Gasteiger charge is 2.34. The second kappa shape index (κ2) is 3.71. The summed E-state index contributed by atoms with van der Waals surface area (Å²) in [6.07, 6.45) is 1.02. The third-order valence-corrected chi connectivity index (χ3v) is 3.09. The minimum atomic E-state index is -0.0828. The van der Waals surface area contributed by atoms with Crippen molar-refractivity contribution in [1.29, 1.82) is 0 Å². The lowest BCUT2D eigenvalue weighted by molar-refractivity contribution is 0.191. The molecule has 2 unspecified atom stereocenters. The maximum Gasteiger partial charge on any atom is 0.0610 e. The molecule has 0 radical (unpaired) electrons. The van der Waals surface area contributed by atoms with Crippen molar-refractivity contribution >= 4 is 0 Å². The number of aliphatic hydroxyl groups is 1. The Hall–Kier alpha value is -0.860. The molecule has 0 saturated carbocycles. The van der Waals surface area contributed by atoms with Crippen molar-refractivity contribution in [2.75, 3.05) is 13.2 Å². The summed E-state index contributed by atoms with van der Waals surface area (Å²) in [6, 6.07) is 10.5. The van der Waals surface area contributed by atoms with Crippen LogP contribution in [0.2, 0.25) is 0 Å². The molecule has 76 valence electrons. The lowest BCUT2D eigenvalue weighted by Crippen LogP contribution is -2.39. The number of aliphatic hydroxyl groups excluding tert-OH is 1. The van der Waals surface area contributed by atoms with E-state index in [1.54, 1.807) is 0 Å².